The van der Waals surface area contributed by atoms with Gasteiger partial charge in [-0.15, -0.1) is 0 Å². The van der Waals surface area contributed by atoms with Gasteiger partial charge in [-0.3, -0.25) is 15.1 Å². The summed E-state index contributed by atoms with van der Waals surface area (Å²) in [4.78, 5) is 13.1. The molecule has 5 heteroatoms. The molecule has 3 saturated carbocycles. The predicted octanol–water partition coefficient (Wildman–Crippen LogP) is 2.56. The number of thioether (sulfide) groups is 1. The zero-order valence-corrected chi connectivity index (χ0v) is 15.1. The van der Waals surface area contributed by atoms with Crippen molar-refractivity contribution in [3.8, 4) is 0 Å². The maximum atomic E-state index is 13.1. The minimum Gasteiger partial charge on any atom is -0.282 e. The maximum Gasteiger partial charge on any atom is 0.241 e. The van der Waals surface area contributed by atoms with E-state index in [1.54, 1.807) is 0 Å². The van der Waals surface area contributed by atoms with Crippen LogP contribution in [-0.4, -0.2) is 34.3 Å². The lowest BCUT2D eigenvalue weighted by molar-refractivity contribution is -0.165. The molecule has 3 aliphatic heterocycles. The fourth-order valence-corrected chi connectivity index (χ4v) is 9.77. The Hall–Kier alpha value is -0.260. The fraction of sp³-hybridized carbons (Fsp3) is 0.947. The summed E-state index contributed by atoms with van der Waals surface area (Å²) >= 11 is 2.36. The molecule has 6 fully saturated rings. The van der Waals surface area contributed by atoms with Gasteiger partial charge >= 0.3 is 0 Å². The molecule has 9 atom stereocenters. The minimum absolute atomic E-state index is 0.271. The van der Waals surface area contributed by atoms with E-state index in [1.165, 1.54) is 44.9 Å². The summed E-state index contributed by atoms with van der Waals surface area (Å²) in [6.45, 7) is 0.767. The van der Waals surface area contributed by atoms with E-state index in [0.717, 1.165) is 41.3 Å². The number of piperidine rings is 1. The van der Waals surface area contributed by atoms with Crippen molar-refractivity contribution >= 4 is 17.7 Å². The molecule has 0 aromatic rings. The molecule has 0 radical (unpaired) electrons. The van der Waals surface area contributed by atoms with E-state index in [2.05, 4.69) is 22.5 Å². The quantitative estimate of drug-likeness (QED) is 0.707. The van der Waals surface area contributed by atoms with E-state index in [0.29, 0.717) is 23.7 Å². The monoisotopic (exact) mass is 347 g/mol. The van der Waals surface area contributed by atoms with Gasteiger partial charge in [-0.25, -0.2) is 5.43 Å². The first kappa shape index (κ1) is 14.9. The first-order valence-corrected chi connectivity index (χ1v) is 11.2. The molecule has 3 aliphatic carbocycles. The van der Waals surface area contributed by atoms with Crippen LogP contribution in [0.4, 0.5) is 0 Å². The molecular formula is C19H29N3OS. The van der Waals surface area contributed by atoms with Crippen LogP contribution in [0.2, 0.25) is 0 Å². The van der Waals surface area contributed by atoms with Crippen LogP contribution in [0, 0.1) is 35.5 Å². The van der Waals surface area contributed by atoms with Crippen molar-refractivity contribution in [3.63, 3.8) is 0 Å². The lowest BCUT2D eigenvalue weighted by atomic mass is 9.52. The number of amides is 1. The molecule has 0 bridgehead atoms. The van der Waals surface area contributed by atoms with Crippen molar-refractivity contribution in [2.24, 2.45) is 35.5 Å². The molecule has 9 unspecified atom stereocenters. The number of carbonyl (C=O) groups is 1. The Morgan fingerprint density at radius 2 is 1.75 bits per heavy atom. The van der Waals surface area contributed by atoms with Crippen LogP contribution < -0.4 is 10.7 Å². The molecule has 1 amide bonds. The van der Waals surface area contributed by atoms with E-state index < -0.39 is 0 Å². The molecule has 132 valence electrons. The molecule has 2 N–H and O–H groups in total. The SMILES string of the molecule is O=C1C2CCC3C4CCCCC4SC4CCC(C2C43)C2NCNN12. The Bertz CT molecular complexity index is 557. The first-order chi connectivity index (χ1) is 11.8. The fourth-order valence-electron chi connectivity index (χ4n) is 7.64. The van der Waals surface area contributed by atoms with E-state index in [1.807, 2.05) is 5.01 Å². The van der Waals surface area contributed by atoms with Gasteiger partial charge in [0.05, 0.1) is 6.67 Å². The summed E-state index contributed by atoms with van der Waals surface area (Å²) in [5.74, 6) is 4.79. The van der Waals surface area contributed by atoms with E-state index in [-0.39, 0.29) is 6.17 Å². The van der Waals surface area contributed by atoms with Crippen LogP contribution >= 0.6 is 11.8 Å². The normalized spacial score (nSPS) is 55.6. The van der Waals surface area contributed by atoms with Crippen molar-refractivity contribution in [2.75, 3.05) is 6.67 Å². The molecule has 6 aliphatic rings. The number of hydrogen-bond acceptors (Lipinski definition) is 4. The molecule has 0 aromatic carbocycles. The van der Waals surface area contributed by atoms with Crippen LogP contribution in [0.3, 0.4) is 0 Å². The second kappa shape index (κ2) is 5.37. The summed E-state index contributed by atoms with van der Waals surface area (Å²) in [5.41, 5.74) is 3.31. The number of fused-ring (bicyclic) bond motifs is 4. The number of nitrogens with zero attached hydrogens (tertiary/aromatic N) is 1. The van der Waals surface area contributed by atoms with Gasteiger partial charge in [0, 0.05) is 16.4 Å². The standard InChI is InChI=1S/C19H29N3OS/c23-19-13-6-5-11-10-3-1-2-4-14(10)24-15-8-7-12(16(13)17(11)15)18-20-9-21-22(18)19/h10-18,20-21H,1-9H2. The number of rotatable bonds is 0. The average molecular weight is 348 g/mol. The zero-order chi connectivity index (χ0) is 15.8. The predicted molar refractivity (Wildman–Crippen MR) is 94.8 cm³/mol. The van der Waals surface area contributed by atoms with Crippen LogP contribution in [-0.2, 0) is 4.79 Å². The molecule has 3 saturated heterocycles. The Morgan fingerprint density at radius 3 is 2.71 bits per heavy atom. The number of hydrazine groups is 1. The molecule has 6 rings (SSSR count). The second-order valence-electron chi connectivity index (χ2n) is 9.10. The molecular weight excluding hydrogens is 318 g/mol. The van der Waals surface area contributed by atoms with Gasteiger partial charge in [-0.2, -0.15) is 11.8 Å². The lowest BCUT2D eigenvalue weighted by Gasteiger charge is -2.62. The second-order valence-corrected chi connectivity index (χ2v) is 10.6. The van der Waals surface area contributed by atoms with Gasteiger partial charge in [-0.05, 0) is 68.1 Å². The third-order valence-electron chi connectivity index (χ3n) is 8.37. The number of carbonyl (C=O) groups excluding carboxylic acids is 1. The Morgan fingerprint density at radius 1 is 0.875 bits per heavy atom. The largest absolute Gasteiger partial charge is 0.282 e. The van der Waals surface area contributed by atoms with Crippen molar-refractivity contribution in [1.29, 1.82) is 0 Å². The Kier molecular flexibility index (Phi) is 3.33. The molecule has 4 nitrogen and oxygen atoms in total. The van der Waals surface area contributed by atoms with Gasteiger partial charge in [0.2, 0.25) is 5.91 Å². The molecule has 3 heterocycles. The maximum absolute atomic E-state index is 13.1. The van der Waals surface area contributed by atoms with Crippen LogP contribution in [0.15, 0.2) is 0 Å². The summed E-state index contributed by atoms with van der Waals surface area (Å²) in [5, 5.41) is 7.36. The van der Waals surface area contributed by atoms with Gasteiger partial charge in [-0.1, -0.05) is 12.8 Å². The number of nitrogens with one attached hydrogen (secondary N) is 2. The van der Waals surface area contributed by atoms with Crippen LogP contribution in [0.1, 0.15) is 51.4 Å². The highest BCUT2D eigenvalue weighted by Crippen LogP contribution is 2.63. The first-order valence-electron chi connectivity index (χ1n) is 10.3. The molecule has 0 aromatic heterocycles. The summed E-state index contributed by atoms with van der Waals surface area (Å²) < 4.78 is 0. The highest BCUT2D eigenvalue weighted by molar-refractivity contribution is 8.00. The third kappa shape index (κ3) is 1.87. The van der Waals surface area contributed by atoms with E-state index >= 15 is 0 Å². The van der Waals surface area contributed by atoms with Gasteiger partial charge in [0.15, 0.2) is 0 Å². The van der Waals surface area contributed by atoms with E-state index in [9.17, 15) is 4.79 Å². The zero-order valence-electron chi connectivity index (χ0n) is 14.3. The minimum atomic E-state index is 0.271. The van der Waals surface area contributed by atoms with Gasteiger partial charge in [0.25, 0.3) is 0 Å². The topological polar surface area (TPSA) is 44.4 Å². The highest BCUT2D eigenvalue weighted by Gasteiger charge is 2.61. The Balaban J connectivity index is 1.38. The van der Waals surface area contributed by atoms with Crippen LogP contribution in [0.5, 0.6) is 0 Å². The van der Waals surface area contributed by atoms with Gasteiger partial charge in [0.1, 0.15) is 6.17 Å². The van der Waals surface area contributed by atoms with Crippen molar-refractivity contribution in [3.05, 3.63) is 0 Å². The highest BCUT2D eigenvalue weighted by atomic mass is 32.2. The van der Waals surface area contributed by atoms with Gasteiger partial charge < -0.3 is 0 Å². The number of hydrogen-bond donors (Lipinski definition) is 2. The molecule has 24 heavy (non-hydrogen) atoms. The van der Waals surface area contributed by atoms with E-state index in [4.69, 9.17) is 0 Å². The summed E-state index contributed by atoms with van der Waals surface area (Å²) in [6, 6.07) is 0. The summed E-state index contributed by atoms with van der Waals surface area (Å²) in [7, 11) is 0. The Labute approximate surface area is 148 Å². The smallest absolute Gasteiger partial charge is 0.241 e. The van der Waals surface area contributed by atoms with Crippen molar-refractivity contribution in [2.45, 2.75) is 68.0 Å². The van der Waals surface area contributed by atoms with Crippen molar-refractivity contribution in [1.82, 2.24) is 15.8 Å². The van der Waals surface area contributed by atoms with Crippen molar-refractivity contribution < 1.29 is 4.79 Å². The average Bonchev–Trinajstić information content (AvgIpc) is 3.11. The third-order valence-corrected chi connectivity index (χ3v) is 10.2. The molecule has 0 spiro atoms. The summed E-state index contributed by atoms with van der Waals surface area (Å²) in [6.07, 6.45) is 11.3. The van der Waals surface area contributed by atoms with Crippen LogP contribution in [0.25, 0.3) is 0 Å². The lowest BCUT2D eigenvalue weighted by Crippen LogP contribution is -2.66.